The number of rotatable bonds is 5. The number of hydrogen-bond acceptors (Lipinski definition) is 3. The van der Waals surface area contributed by atoms with Gasteiger partial charge in [0.25, 0.3) is 0 Å². The summed E-state index contributed by atoms with van der Waals surface area (Å²) in [6.45, 7) is 4.41. The first-order valence-corrected chi connectivity index (χ1v) is 7.04. The lowest BCUT2D eigenvalue weighted by molar-refractivity contribution is -0.140. The zero-order chi connectivity index (χ0) is 13.3. The number of amides is 2. The van der Waals surface area contributed by atoms with Crippen LogP contribution >= 0.6 is 0 Å². The van der Waals surface area contributed by atoms with Crippen molar-refractivity contribution < 1.29 is 14.7 Å². The number of carbonyl (C=O) groups is 2. The second kappa shape index (κ2) is 5.39. The zero-order valence-corrected chi connectivity index (χ0v) is 11.3. The fraction of sp³-hybridized carbons (Fsp3) is 0.857. The van der Waals surface area contributed by atoms with Crippen molar-refractivity contribution in [3.8, 4) is 0 Å². The van der Waals surface area contributed by atoms with E-state index < -0.39 is 0 Å². The van der Waals surface area contributed by atoms with E-state index in [1.807, 2.05) is 0 Å². The van der Waals surface area contributed by atoms with Gasteiger partial charge < -0.3 is 5.11 Å². The topological polar surface area (TPSA) is 57.6 Å². The SMILES string of the molecule is CC(O)CCCCN1C(=O)C2CC(C)CC2C1=O. The summed E-state index contributed by atoms with van der Waals surface area (Å²) in [5.41, 5.74) is 0. The number of imide groups is 1. The van der Waals surface area contributed by atoms with E-state index in [2.05, 4.69) is 6.92 Å². The molecule has 2 amide bonds. The normalized spacial score (nSPS) is 33.1. The first-order chi connectivity index (χ1) is 8.50. The highest BCUT2D eigenvalue weighted by Gasteiger charge is 2.51. The summed E-state index contributed by atoms with van der Waals surface area (Å²) in [5.74, 6) is 0.525. The maximum Gasteiger partial charge on any atom is 0.233 e. The maximum atomic E-state index is 12.1. The molecule has 0 aromatic heterocycles. The summed E-state index contributed by atoms with van der Waals surface area (Å²) < 4.78 is 0. The average molecular weight is 253 g/mol. The molecule has 1 N–H and O–H groups in total. The largest absolute Gasteiger partial charge is 0.393 e. The van der Waals surface area contributed by atoms with Gasteiger partial charge in [0.05, 0.1) is 17.9 Å². The molecule has 1 saturated carbocycles. The van der Waals surface area contributed by atoms with Gasteiger partial charge in [-0.3, -0.25) is 14.5 Å². The van der Waals surface area contributed by atoms with Crippen LogP contribution in [0.1, 0.15) is 46.0 Å². The lowest BCUT2D eigenvalue weighted by Gasteiger charge is -2.16. The number of nitrogens with zero attached hydrogens (tertiary/aromatic N) is 1. The van der Waals surface area contributed by atoms with Crippen molar-refractivity contribution >= 4 is 11.8 Å². The first kappa shape index (κ1) is 13.5. The Hall–Kier alpha value is -0.900. The van der Waals surface area contributed by atoms with Crippen molar-refractivity contribution in [2.75, 3.05) is 6.54 Å². The highest BCUT2D eigenvalue weighted by molar-refractivity contribution is 6.05. The van der Waals surface area contributed by atoms with Crippen LogP contribution in [0.5, 0.6) is 0 Å². The van der Waals surface area contributed by atoms with Gasteiger partial charge in [-0.2, -0.15) is 0 Å². The van der Waals surface area contributed by atoms with Crippen molar-refractivity contribution in [2.45, 2.75) is 52.1 Å². The summed E-state index contributed by atoms with van der Waals surface area (Å²) in [4.78, 5) is 25.7. The van der Waals surface area contributed by atoms with Crippen LogP contribution in [0.15, 0.2) is 0 Å². The Morgan fingerprint density at radius 1 is 1.22 bits per heavy atom. The molecule has 0 bridgehead atoms. The minimum absolute atomic E-state index is 0.0377. The number of unbranched alkanes of at least 4 members (excludes halogenated alkanes) is 1. The maximum absolute atomic E-state index is 12.1. The van der Waals surface area contributed by atoms with Gasteiger partial charge >= 0.3 is 0 Å². The van der Waals surface area contributed by atoms with Crippen LogP contribution in [-0.4, -0.2) is 34.5 Å². The van der Waals surface area contributed by atoms with Gasteiger partial charge in [0, 0.05) is 6.54 Å². The molecular weight excluding hydrogens is 230 g/mol. The molecule has 18 heavy (non-hydrogen) atoms. The van der Waals surface area contributed by atoms with Crippen molar-refractivity contribution in [1.82, 2.24) is 4.90 Å². The zero-order valence-electron chi connectivity index (χ0n) is 11.3. The van der Waals surface area contributed by atoms with Crippen LogP contribution in [0, 0.1) is 17.8 Å². The van der Waals surface area contributed by atoms with Crippen LogP contribution in [0.4, 0.5) is 0 Å². The lowest BCUT2D eigenvalue weighted by Crippen LogP contribution is -2.33. The molecule has 4 nitrogen and oxygen atoms in total. The molecule has 0 spiro atoms. The van der Waals surface area contributed by atoms with Crippen LogP contribution in [0.2, 0.25) is 0 Å². The Bertz CT molecular complexity index is 316. The Labute approximate surface area is 108 Å². The number of aliphatic hydroxyl groups is 1. The molecule has 0 aromatic carbocycles. The van der Waals surface area contributed by atoms with Crippen LogP contribution < -0.4 is 0 Å². The van der Waals surface area contributed by atoms with Crippen molar-refractivity contribution in [3.05, 3.63) is 0 Å². The lowest BCUT2D eigenvalue weighted by atomic mass is 10.00. The highest BCUT2D eigenvalue weighted by atomic mass is 16.3. The Morgan fingerprint density at radius 2 is 1.78 bits per heavy atom. The van der Waals surface area contributed by atoms with E-state index >= 15 is 0 Å². The first-order valence-electron chi connectivity index (χ1n) is 7.04. The fourth-order valence-electron chi connectivity index (χ4n) is 3.28. The van der Waals surface area contributed by atoms with Crippen molar-refractivity contribution in [1.29, 1.82) is 0 Å². The highest BCUT2D eigenvalue weighted by Crippen LogP contribution is 2.42. The van der Waals surface area contributed by atoms with Crippen molar-refractivity contribution in [3.63, 3.8) is 0 Å². The third-order valence-electron chi connectivity index (χ3n) is 4.22. The van der Waals surface area contributed by atoms with E-state index in [-0.39, 0.29) is 29.8 Å². The van der Waals surface area contributed by atoms with Crippen LogP contribution in [-0.2, 0) is 9.59 Å². The molecule has 1 saturated heterocycles. The molecule has 4 heteroatoms. The number of fused-ring (bicyclic) bond motifs is 1. The van der Waals surface area contributed by atoms with E-state index in [4.69, 9.17) is 5.11 Å². The predicted octanol–water partition coefficient (Wildman–Crippen LogP) is 1.57. The molecule has 2 fully saturated rings. The van der Waals surface area contributed by atoms with Gasteiger partial charge in [0.1, 0.15) is 0 Å². The number of carbonyl (C=O) groups excluding carboxylic acids is 2. The Kier molecular flexibility index (Phi) is 4.05. The molecule has 0 radical (unpaired) electrons. The number of likely N-dealkylation sites (tertiary alicyclic amines) is 1. The van der Waals surface area contributed by atoms with E-state index in [0.717, 1.165) is 32.1 Å². The second-order valence-electron chi connectivity index (χ2n) is 5.96. The van der Waals surface area contributed by atoms with Crippen molar-refractivity contribution in [2.24, 2.45) is 17.8 Å². The van der Waals surface area contributed by atoms with E-state index in [1.165, 1.54) is 4.90 Å². The molecule has 1 aliphatic carbocycles. The molecule has 1 heterocycles. The average Bonchev–Trinajstić information content (AvgIpc) is 2.77. The minimum Gasteiger partial charge on any atom is -0.393 e. The van der Waals surface area contributed by atoms with Gasteiger partial charge in [-0.05, 0) is 44.9 Å². The van der Waals surface area contributed by atoms with Crippen LogP contribution in [0.25, 0.3) is 0 Å². The van der Waals surface area contributed by atoms with Gasteiger partial charge in [0.15, 0.2) is 0 Å². The molecule has 102 valence electrons. The third-order valence-corrected chi connectivity index (χ3v) is 4.22. The predicted molar refractivity (Wildman–Crippen MR) is 67.6 cm³/mol. The summed E-state index contributed by atoms with van der Waals surface area (Å²) in [5, 5.41) is 9.16. The standard InChI is InChI=1S/C14H23NO3/c1-9-7-11-12(8-9)14(18)15(13(11)17)6-4-3-5-10(2)16/h9-12,16H,3-8H2,1-2H3. The minimum atomic E-state index is -0.296. The summed E-state index contributed by atoms with van der Waals surface area (Å²) in [6.07, 6.45) is 3.85. The molecule has 2 rings (SSSR count). The number of aliphatic hydroxyl groups excluding tert-OH is 1. The van der Waals surface area contributed by atoms with Gasteiger partial charge in [-0.1, -0.05) is 6.92 Å². The van der Waals surface area contributed by atoms with E-state index in [9.17, 15) is 9.59 Å². The monoisotopic (exact) mass is 253 g/mol. The fourth-order valence-corrected chi connectivity index (χ4v) is 3.28. The molecule has 3 atom stereocenters. The van der Waals surface area contributed by atoms with Gasteiger partial charge in [-0.15, -0.1) is 0 Å². The molecular formula is C14H23NO3. The summed E-state index contributed by atoms with van der Waals surface area (Å²) >= 11 is 0. The Balaban J connectivity index is 1.84. The second-order valence-corrected chi connectivity index (χ2v) is 5.96. The number of hydrogen-bond donors (Lipinski definition) is 1. The van der Waals surface area contributed by atoms with E-state index in [1.54, 1.807) is 6.92 Å². The Morgan fingerprint density at radius 3 is 2.28 bits per heavy atom. The molecule has 3 unspecified atom stereocenters. The van der Waals surface area contributed by atoms with Gasteiger partial charge in [0.2, 0.25) is 11.8 Å². The summed E-state index contributed by atoms with van der Waals surface area (Å²) in [6, 6.07) is 0. The summed E-state index contributed by atoms with van der Waals surface area (Å²) in [7, 11) is 0. The molecule has 1 aliphatic heterocycles. The smallest absolute Gasteiger partial charge is 0.233 e. The van der Waals surface area contributed by atoms with E-state index in [0.29, 0.717) is 12.5 Å². The molecule has 0 aromatic rings. The third kappa shape index (κ3) is 2.58. The quantitative estimate of drug-likeness (QED) is 0.597. The van der Waals surface area contributed by atoms with Crippen LogP contribution in [0.3, 0.4) is 0 Å². The molecule has 2 aliphatic rings. The van der Waals surface area contributed by atoms with Gasteiger partial charge in [-0.25, -0.2) is 0 Å².